The van der Waals surface area contributed by atoms with Crippen molar-refractivity contribution in [3.63, 3.8) is 0 Å². The molecule has 0 radical (unpaired) electrons. The van der Waals surface area contributed by atoms with Crippen molar-refractivity contribution in [1.29, 1.82) is 0 Å². The van der Waals surface area contributed by atoms with Gasteiger partial charge in [0.2, 0.25) is 59.1 Å². The predicted molar refractivity (Wildman–Crippen MR) is 380 cm³/mol. The van der Waals surface area contributed by atoms with Crippen LogP contribution >= 0.6 is 0 Å². The molecule has 0 aliphatic carbocycles. The molecule has 104 heavy (non-hydrogen) atoms. The highest BCUT2D eigenvalue weighted by molar-refractivity contribution is 5.99. The molecule has 0 spiro atoms. The fourth-order valence-corrected chi connectivity index (χ4v) is 12.3. The third-order valence-corrected chi connectivity index (χ3v) is 18.7. The van der Waals surface area contributed by atoms with Gasteiger partial charge >= 0.3 is 17.9 Å². The van der Waals surface area contributed by atoms with E-state index in [9.17, 15) is 92.7 Å². The van der Waals surface area contributed by atoms with Crippen LogP contribution in [0.3, 0.4) is 0 Å². The van der Waals surface area contributed by atoms with Crippen LogP contribution in [0.1, 0.15) is 200 Å². The molecule has 3 aliphatic rings. The van der Waals surface area contributed by atoms with Gasteiger partial charge in [0, 0.05) is 38.6 Å². The highest BCUT2D eigenvalue weighted by Gasteiger charge is 2.41. The summed E-state index contributed by atoms with van der Waals surface area (Å²) in [7, 11) is 0. The van der Waals surface area contributed by atoms with Crippen molar-refractivity contribution in [2.24, 2.45) is 29.2 Å². The van der Waals surface area contributed by atoms with E-state index in [2.05, 4.69) is 56.4 Å². The smallest absolute Gasteiger partial charge is 0.315 e. The number of carbonyl (C=O) groups is 14. The predicted octanol–water partition coefficient (Wildman–Crippen LogP) is 2.03. The van der Waals surface area contributed by atoms with Gasteiger partial charge in [-0.3, -0.25) is 67.1 Å². The van der Waals surface area contributed by atoms with E-state index in [-0.39, 0.29) is 68.7 Å². The van der Waals surface area contributed by atoms with Crippen molar-refractivity contribution in [2.75, 3.05) is 13.1 Å². The number of ether oxygens (including phenoxy) is 1. The lowest BCUT2D eigenvalue weighted by Crippen LogP contribution is -2.62. The molecule has 578 valence electrons. The van der Waals surface area contributed by atoms with Gasteiger partial charge in [-0.25, -0.2) is 0 Å². The number of nitrogens with two attached hydrogens (primary N) is 2. The standard InChI is InChI=1S/C73H111N11O20/c1-7-43(4)51-41-59(88)56(38-46-22-26-48(86)27-23-46)81-68(98)54(30-33-60(75)89)79-70(100)58-21-17-37-84(58)72(102)44(5)76-65(95)55(32-35-63(93)94)80-71(101)64(45(6)85)83-69(99)57(39-47-24-28-50(29-25-47)104-73(51)103)82-66(96)52(20-16-36-74)78-67(97)53(31-34-62(91)92)77-61(90)40-49(87)19-15-13-11-9-8-10-12-14-18-42(2)3/h22-29,42-45,49,51-58,64,85-87H,7-21,30-41,74H2,1-6H3,(H2,75,89)(H,76,95)(H,77,90)(H,78,97)(H,79,100)(H,80,101)(H,81,98)(H,82,96)(H,83,99)(H,91,92)(H,93,94)/t43?,44-,45?,49?,51+,52-,53+,54+,55+,56-,57+,58+,64+/m0/s1. The molecular weight excluding hydrogens is 1350 g/mol. The van der Waals surface area contributed by atoms with Gasteiger partial charge in [-0.2, -0.15) is 0 Å². The number of nitrogens with zero attached hydrogens (tertiary/aromatic N) is 1. The number of ketones is 1. The lowest BCUT2D eigenvalue weighted by molar-refractivity contribution is -0.144. The monoisotopic (exact) mass is 1460 g/mol. The number of phenolic OH excluding ortho intramolecular Hbond substituents is 1. The molecule has 13 atom stereocenters. The molecule has 2 bridgehead atoms. The van der Waals surface area contributed by atoms with E-state index < -0.39 is 213 Å². The number of Topliss-reactive ketones (excluding diaryl/α,β-unsaturated/α-hetero) is 1. The number of hydrogen-bond acceptors (Lipinski definition) is 19. The first-order chi connectivity index (χ1) is 49.3. The minimum Gasteiger partial charge on any atom is -0.508 e. The van der Waals surface area contributed by atoms with Crippen LogP contribution in [0.15, 0.2) is 48.5 Å². The zero-order valence-electron chi connectivity index (χ0n) is 60.8. The number of aliphatic hydroxyl groups excluding tert-OH is 2. The van der Waals surface area contributed by atoms with E-state index in [4.69, 9.17) is 16.2 Å². The molecule has 3 heterocycles. The highest BCUT2D eigenvalue weighted by atomic mass is 16.5. The molecule has 0 saturated carbocycles. The summed E-state index contributed by atoms with van der Waals surface area (Å²) in [5, 5.41) is 71.5. The number of carbonyl (C=O) groups excluding carboxylic acids is 12. The molecule has 3 aliphatic heterocycles. The number of carboxylic acids is 2. The third kappa shape index (κ3) is 31.1. The molecular formula is C73H111N11O20. The zero-order valence-corrected chi connectivity index (χ0v) is 60.8. The van der Waals surface area contributed by atoms with E-state index in [1.807, 2.05) is 0 Å². The Morgan fingerprint density at radius 1 is 0.635 bits per heavy atom. The van der Waals surface area contributed by atoms with Gasteiger partial charge < -0.3 is 89.2 Å². The van der Waals surface area contributed by atoms with Crippen LogP contribution in [-0.2, 0) is 80.0 Å². The SMILES string of the molecule is CCC(C)[C@H]1CC(=O)[C@H](Cc2ccc(O)cc2)NC(=O)[C@@H](CCC(N)=O)NC(=O)[C@H]2CCCN2C(=O)[C@H](C)NC(=O)[C@@H](CCC(=O)O)NC(=O)[C@@H](C(C)O)NC(=O)[C@H](NC(=O)[C@H](CCCN)NC(=O)[C@@H](CCC(=O)O)NC(=O)CC(O)CCCCCCCCCCC(C)C)Cc2ccc(cc2)OC1=O. The molecule has 1 fully saturated rings. The molecule has 31 nitrogen and oxygen atoms in total. The first-order valence-electron chi connectivity index (χ1n) is 36.4. The average molecular weight is 1460 g/mol. The Balaban J connectivity index is 1.75. The number of amides is 10. The maximum absolute atomic E-state index is 14.8. The first kappa shape index (κ1) is 87.3. The summed E-state index contributed by atoms with van der Waals surface area (Å²) in [5.41, 5.74) is 12.1. The summed E-state index contributed by atoms with van der Waals surface area (Å²) < 4.78 is 5.88. The van der Waals surface area contributed by atoms with Crippen molar-refractivity contribution >= 4 is 82.8 Å². The van der Waals surface area contributed by atoms with Crippen LogP contribution in [0.4, 0.5) is 0 Å². The van der Waals surface area contributed by atoms with Crippen molar-refractivity contribution in [3.05, 3.63) is 59.7 Å². The molecule has 5 rings (SSSR count). The number of aromatic hydroxyl groups is 1. The molecule has 1 saturated heterocycles. The number of fused-ring (bicyclic) bond motifs is 23. The number of phenols is 1. The van der Waals surface area contributed by atoms with Crippen molar-refractivity contribution in [2.45, 2.75) is 269 Å². The minimum absolute atomic E-state index is 0.0190. The maximum atomic E-state index is 14.8. The number of rotatable bonds is 35. The Labute approximate surface area is 607 Å². The number of unbranched alkanes of at least 4 members (excludes halogenated alkanes) is 7. The Kier molecular flexibility index (Phi) is 37.9. The van der Waals surface area contributed by atoms with Crippen LogP contribution in [0, 0.1) is 17.8 Å². The number of hydrogen-bond donors (Lipinski definition) is 15. The summed E-state index contributed by atoms with van der Waals surface area (Å²) in [5.74, 6) is -15.2. The summed E-state index contributed by atoms with van der Waals surface area (Å²) in [6.07, 6.45) is 2.53. The molecule has 0 aromatic heterocycles. The molecule has 2 aromatic carbocycles. The van der Waals surface area contributed by atoms with Crippen molar-refractivity contribution in [3.8, 4) is 11.5 Å². The average Bonchev–Trinajstić information content (AvgIpc) is 1.44. The van der Waals surface area contributed by atoms with Crippen LogP contribution in [0.5, 0.6) is 11.5 Å². The van der Waals surface area contributed by atoms with E-state index in [0.29, 0.717) is 30.7 Å². The number of benzene rings is 2. The third-order valence-electron chi connectivity index (χ3n) is 18.7. The van der Waals surface area contributed by atoms with E-state index in [0.717, 1.165) is 43.9 Å². The summed E-state index contributed by atoms with van der Waals surface area (Å²) in [6, 6.07) is -3.09. The zero-order chi connectivity index (χ0) is 77.2. The fraction of sp³-hybridized carbons (Fsp3) is 0.644. The van der Waals surface area contributed by atoms with Gasteiger partial charge in [-0.15, -0.1) is 0 Å². The topological polar surface area (TPSA) is 501 Å². The summed E-state index contributed by atoms with van der Waals surface area (Å²) in [4.78, 5) is 195. The highest BCUT2D eigenvalue weighted by Crippen LogP contribution is 2.27. The molecule has 31 heteroatoms. The normalized spacial score (nSPS) is 22.1. The number of carboxylic acid groups (broad SMARTS) is 2. The first-order valence-corrected chi connectivity index (χ1v) is 36.4. The number of nitrogens with one attached hydrogen (secondary N) is 8. The molecule has 17 N–H and O–H groups in total. The van der Waals surface area contributed by atoms with Gasteiger partial charge in [0.25, 0.3) is 0 Å². The summed E-state index contributed by atoms with van der Waals surface area (Å²) in [6.45, 7) is 10.2. The van der Waals surface area contributed by atoms with E-state index in [1.165, 1.54) is 74.7 Å². The van der Waals surface area contributed by atoms with E-state index >= 15 is 0 Å². The second-order valence-electron chi connectivity index (χ2n) is 27.8. The number of esters is 1. The van der Waals surface area contributed by atoms with Gasteiger partial charge in [0.05, 0.1) is 30.6 Å². The van der Waals surface area contributed by atoms with Crippen molar-refractivity contribution < 1.29 is 97.4 Å². The van der Waals surface area contributed by atoms with E-state index in [1.54, 1.807) is 13.8 Å². The number of aliphatic carboxylic acids is 2. The Bertz CT molecular complexity index is 3210. The van der Waals surface area contributed by atoms with Gasteiger partial charge in [0.15, 0.2) is 5.78 Å². The quantitative estimate of drug-likeness (QED) is 0.0203. The summed E-state index contributed by atoms with van der Waals surface area (Å²) >= 11 is 0. The van der Waals surface area contributed by atoms with Crippen LogP contribution < -0.4 is 58.7 Å². The second kappa shape index (κ2) is 45.2. The lowest BCUT2D eigenvalue weighted by atomic mass is 9.85. The Hall–Kier alpha value is -9.10. The Morgan fingerprint density at radius 2 is 1.21 bits per heavy atom. The van der Waals surface area contributed by atoms with Crippen LogP contribution in [0.25, 0.3) is 0 Å². The fourth-order valence-electron chi connectivity index (χ4n) is 12.3. The van der Waals surface area contributed by atoms with Gasteiger partial charge in [-0.1, -0.05) is 116 Å². The van der Waals surface area contributed by atoms with Crippen LogP contribution in [0.2, 0.25) is 0 Å². The number of primary amides is 1. The van der Waals surface area contributed by atoms with Crippen molar-refractivity contribution in [1.82, 2.24) is 47.4 Å². The largest absolute Gasteiger partial charge is 0.508 e. The van der Waals surface area contributed by atoms with Gasteiger partial charge in [-0.05, 0) is 125 Å². The maximum Gasteiger partial charge on any atom is 0.315 e. The van der Waals surface area contributed by atoms with Crippen LogP contribution in [-0.4, -0.2) is 193 Å². The Morgan fingerprint density at radius 3 is 1.80 bits per heavy atom. The molecule has 3 unspecified atom stereocenters. The number of aliphatic hydroxyl groups is 2. The molecule has 10 amide bonds. The lowest BCUT2D eigenvalue weighted by Gasteiger charge is -2.30. The molecule has 2 aromatic rings. The minimum atomic E-state index is -1.98. The second-order valence-corrected chi connectivity index (χ2v) is 27.8. The van der Waals surface area contributed by atoms with Gasteiger partial charge in [0.1, 0.15) is 59.8 Å².